The fourth-order valence-electron chi connectivity index (χ4n) is 2.03. The summed E-state index contributed by atoms with van der Waals surface area (Å²) in [6.07, 6.45) is -4.06. The van der Waals surface area contributed by atoms with Crippen LogP contribution < -0.4 is 10.5 Å². The van der Waals surface area contributed by atoms with Crippen molar-refractivity contribution in [1.29, 1.82) is 0 Å². The minimum Gasteiger partial charge on any atom is -0.468 e. The number of methoxy groups -OCH3 is 1. The molecule has 2 aromatic carbocycles. The Morgan fingerprint density at radius 1 is 1.04 bits per heavy atom. The summed E-state index contributed by atoms with van der Waals surface area (Å²) in [6, 6.07) is 10.4. The van der Waals surface area contributed by atoms with E-state index in [0.717, 1.165) is 17.7 Å². The average molecular weight is 339 g/mol. The Balaban J connectivity index is 2.00. The molecule has 24 heavy (non-hydrogen) atoms. The van der Waals surface area contributed by atoms with Crippen LogP contribution in [0.3, 0.4) is 0 Å². The molecule has 0 aromatic heterocycles. The van der Waals surface area contributed by atoms with Crippen LogP contribution in [-0.4, -0.2) is 19.1 Å². The highest BCUT2D eigenvalue weighted by molar-refractivity contribution is 5.75. The molecule has 0 spiro atoms. The number of rotatable bonds is 5. The normalized spacial score (nSPS) is 12.5. The van der Waals surface area contributed by atoms with Crippen molar-refractivity contribution in [3.63, 3.8) is 0 Å². The Morgan fingerprint density at radius 2 is 1.54 bits per heavy atom. The fourth-order valence-corrected chi connectivity index (χ4v) is 2.03. The summed E-state index contributed by atoms with van der Waals surface area (Å²) in [6.45, 7) is 0. The lowest BCUT2D eigenvalue weighted by atomic mass is 10.1. The third-order valence-electron chi connectivity index (χ3n) is 3.30. The molecule has 0 fully saturated rings. The van der Waals surface area contributed by atoms with Gasteiger partial charge in [-0.3, -0.25) is 4.79 Å². The number of esters is 1. The Bertz CT molecular complexity index is 682. The van der Waals surface area contributed by atoms with E-state index in [1.807, 2.05) is 0 Å². The molecular formula is C17H16F3NO3. The number of nitrogens with two attached hydrogens (primary N) is 1. The van der Waals surface area contributed by atoms with Crippen LogP contribution in [0.1, 0.15) is 11.1 Å². The van der Waals surface area contributed by atoms with Crippen molar-refractivity contribution in [3.05, 3.63) is 59.7 Å². The van der Waals surface area contributed by atoms with E-state index in [1.165, 1.54) is 19.2 Å². The van der Waals surface area contributed by atoms with E-state index in [2.05, 4.69) is 4.74 Å². The average Bonchev–Trinajstić information content (AvgIpc) is 2.55. The molecule has 7 heteroatoms. The molecular weight excluding hydrogens is 323 g/mol. The van der Waals surface area contributed by atoms with Gasteiger partial charge < -0.3 is 15.2 Å². The third-order valence-corrected chi connectivity index (χ3v) is 3.30. The minimum absolute atomic E-state index is 0.294. The topological polar surface area (TPSA) is 61.5 Å². The van der Waals surface area contributed by atoms with E-state index >= 15 is 0 Å². The van der Waals surface area contributed by atoms with Crippen LogP contribution in [0.15, 0.2) is 48.5 Å². The number of hydrogen-bond acceptors (Lipinski definition) is 4. The minimum atomic E-state index is -4.38. The van der Waals surface area contributed by atoms with Crippen molar-refractivity contribution < 1.29 is 27.4 Å². The molecule has 0 amide bonds. The van der Waals surface area contributed by atoms with Gasteiger partial charge in [0.15, 0.2) is 0 Å². The summed E-state index contributed by atoms with van der Waals surface area (Å²) >= 11 is 0. The fraction of sp³-hybridized carbons (Fsp3) is 0.235. The number of carbonyl (C=O) groups is 1. The number of carbonyl (C=O) groups excluding carboxylic acids is 1. The first-order chi connectivity index (χ1) is 11.3. The van der Waals surface area contributed by atoms with Crippen LogP contribution in [0.5, 0.6) is 11.5 Å². The predicted octanol–water partition coefficient (Wildman–Crippen LogP) is 3.54. The van der Waals surface area contributed by atoms with E-state index in [0.29, 0.717) is 17.9 Å². The zero-order valence-corrected chi connectivity index (χ0v) is 12.8. The quantitative estimate of drug-likeness (QED) is 0.847. The molecule has 0 bridgehead atoms. The highest BCUT2D eigenvalue weighted by atomic mass is 19.4. The molecule has 0 aliphatic rings. The second-order valence-corrected chi connectivity index (χ2v) is 5.10. The number of halogens is 3. The van der Waals surface area contributed by atoms with E-state index < -0.39 is 23.8 Å². The van der Waals surface area contributed by atoms with E-state index in [9.17, 15) is 18.0 Å². The summed E-state index contributed by atoms with van der Waals surface area (Å²) in [5.74, 6) is 0.257. The molecule has 1 unspecified atom stereocenters. The van der Waals surface area contributed by atoms with Gasteiger partial charge in [-0.1, -0.05) is 12.1 Å². The van der Waals surface area contributed by atoms with Gasteiger partial charge in [0.1, 0.15) is 17.5 Å². The SMILES string of the molecule is COC(=O)C(N)Cc1ccc(Oc2ccc(C(F)(F)F)cc2)cc1. The van der Waals surface area contributed by atoms with Gasteiger partial charge >= 0.3 is 12.1 Å². The summed E-state index contributed by atoms with van der Waals surface area (Å²) in [5.41, 5.74) is 5.75. The summed E-state index contributed by atoms with van der Waals surface area (Å²) in [7, 11) is 1.27. The van der Waals surface area contributed by atoms with Crippen LogP contribution in [0.4, 0.5) is 13.2 Å². The summed E-state index contributed by atoms with van der Waals surface area (Å²) in [5, 5.41) is 0. The van der Waals surface area contributed by atoms with Gasteiger partial charge in [0.05, 0.1) is 12.7 Å². The highest BCUT2D eigenvalue weighted by Crippen LogP contribution is 2.31. The molecule has 0 saturated heterocycles. The lowest BCUT2D eigenvalue weighted by Crippen LogP contribution is -2.33. The zero-order chi connectivity index (χ0) is 17.7. The van der Waals surface area contributed by atoms with Gasteiger partial charge in [0, 0.05) is 0 Å². The maximum atomic E-state index is 12.5. The Hall–Kier alpha value is -2.54. The molecule has 0 aliphatic heterocycles. The lowest BCUT2D eigenvalue weighted by Gasteiger charge is -2.11. The van der Waals surface area contributed by atoms with Crippen LogP contribution in [0, 0.1) is 0 Å². The number of benzene rings is 2. The molecule has 0 radical (unpaired) electrons. The van der Waals surface area contributed by atoms with Gasteiger partial charge in [0.2, 0.25) is 0 Å². The first-order valence-electron chi connectivity index (χ1n) is 7.07. The van der Waals surface area contributed by atoms with Crippen molar-refractivity contribution in [1.82, 2.24) is 0 Å². The van der Waals surface area contributed by atoms with E-state index in [4.69, 9.17) is 10.5 Å². The zero-order valence-electron chi connectivity index (χ0n) is 12.8. The van der Waals surface area contributed by atoms with E-state index in [1.54, 1.807) is 24.3 Å². The molecule has 2 aromatic rings. The highest BCUT2D eigenvalue weighted by Gasteiger charge is 2.30. The lowest BCUT2D eigenvalue weighted by molar-refractivity contribution is -0.142. The summed E-state index contributed by atoms with van der Waals surface area (Å²) < 4.78 is 47.5. The van der Waals surface area contributed by atoms with Crippen LogP contribution in [0.25, 0.3) is 0 Å². The second-order valence-electron chi connectivity index (χ2n) is 5.10. The largest absolute Gasteiger partial charge is 0.468 e. The Kier molecular flexibility index (Phi) is 5.46. The molecule has 0 saturated carbocycles. The second kappa shape index (κ2) is 7.35. The van der Waals surface area contributed by atoms with Crippen molar-refractivity contribution in [2.75, 3.05) is 7.11 Å². The maximum absolute atomic E-state index is 12.5. The maximum Gasteiger partial charge on any atom is 0.416 e. The smallest absolute Gasteiger partial charge is 0.416 e. The Morgan fingerprint density at radius 3 is 2.00 bits per heavy atom. The van der Waals surface area contributed by atoms with Crippen molar-refractivity contribution in [2.24, 2.45) is 5.73 Å². The van der Waals surface area contributed by atoms with Gasteiger partial charge in [-0.2, -0.15) is 13.2 Å². The summed E-state index contributed by atoms with van der Waals surface area (Å²) in [4.78, 5) is 11.3. The van der Waals surface area contributed by atoms with Gasteiger partial charge in [0.25, 0.3) is 0 Å². The van der Waals surface area contributed by atoms with Gasteiger partial charge in [-0.25, -0.2) is 0 Å². The molecule has 4 nitrogen and oxygen atoms in total. The number of alkyl halides is 3. The predicted molar refractivity (Wildman–Crippen MR) is 81.7 cm³/mol. The van der Waals surface area contributed by atoms with E-state index in [-0.39, 0.29) is 0 Å². The number of ether oxygens (including phenoxy) is 2. The van der Waals surface area contributed by atoms with Gasteiger partial charge in [-0.15, -0.1) is 0 Å². The van der Waals surface area contributed by atoms with Crippen LogP contribution in [-0.2, 0) is 22.1 Å². The van der Waals surface area contributed by atoms with Crippen LogP contribution in [0.2, 0.25) is 0 Å². The van der Waals surface area contributed by atoms with Crippen molar-refractivity contribution in [2.45, 2.75) is 18.6 Å². The molecule has 2 rings (SSSR count). The van der Waals surface area contributed by atoms with Crippen molar-refractivity contribution in [3.8, 4) is 11.5 Å². The molecule has 2 N–H and O–H groups in total. The molecule has 0 heterocycles. The Labute approximate surface area is 137 Å². The standard InChI is InChI=1S/C17H16F3NO3/c1-23-16(22)15(21)10-11-2-6-13(7-3-11)24-14-8-4-12(5-9-14)17(18,19)20/h2-9,15H,10,21H2,1H3. The van der Waals surface area contributed by atoms with Crippen molar-refractivity contribution >= 4 is 5.97 Å². The number of hydrogen-bond donors (Lipinski definition) is 1. The monoisotopic (exact) mass is 339 g/mol. The first-order valence-corrected chi connectivity index (χ1v) is 7.07. The third kappa shape index (κ3) is 4.73. The first kappa shape index (κ1) is 17.8. The van der Waals surface area contributed by atoms with Crippen LogP contribution >= 0.6 is 0 Å². The molecule has 0 aliphatic carbocycles. The van der Waals surface area contributed by atoms with Gasteiger partial charge in [-0.05, 0) is 48.4 Å². The molecule has 1 atom stereocenters. The molecule has 128 valence electrons.